The molecule has 2 aromatic carbocycles. The van der Waals surface area contributed by atoms with Crippen LogP contribution in [0.2, 0.25) is 10.0 Å². The van der Waals surface area contributed by atoms with E-state index in [1.165, 1.54) is 0 Å². The Hall–Kier alpha value is -1.95. The van der Waals surface area contributed by atoms with Crippen LogP contribution >= 0.6 is 23.2 Å². The zero-order valence-corrected chi connectivity index (χ0v) is 18.0. The van der Waals surface area contributed by atoms with Crippen LogP contribution in [0.4, 0.5) is 0 Å². The topological polar surface area (TPSA) is 50.8 Å². The highest BCUT2D eigenvalue weighted by atomic mass is 35.5. The predicted octanol–water partition coefficient (Wildman–Crippen LogP) is 4.41. The summed E-state index contributed by atoms with van der Waals surface area (Å²) in [7, 11) is 1.63. The average molecular weight is 437 g/mol. The van der Waals surface area contributed by atoms with Crippen molar-refractivity contribution >= 4 is 29.1 Å². The Labute approximate surface area is 181 Å². The fraction of sp³-hybridized carbons (Fsp3) is 0.409. The highest BCUT2D eigenvalue weighted by molar-refractivity contribution is 6.35. The van der Waals surface area contributed by atoms with E-state index in [4.69, 9.17) is 32.7 Å². The van der Waals surface area contributed by atoms with Gasteiger partial charge in [0.2, 0.25) is 5.91 Å². The molecule has 1 amide bonds. The zero-order chi connectivity index (χ0) is 20.6. The van der Waals surface area contributed by atoms with Crippen LogP contribution in [-0.4, -0.2) is 44.2 Å². The van der Waals surface area contributed by atoms with Gasteiger partial charge in [0.15, 0.2) is 0 Å². The largest absolute Gasteiger partial charge is 0.497 e. The molecular formula is C22H26Cl2N2O3. The monoisotopic (exact) mass is 436 g/mol. The van der Waals surface area contributed by atoms with Crippen LogP contribution in [0.1, 0.15) is 18.4 Å². The number of benzene rings is 2. The molecule has 7 heteroatoms. The van der Waals surface area contributed by atoms with E-state index >= 15 is 0 Å². The minimum atomic E-state index is 0.0490. The SMILES string of the molecule is COc1ccc(OCCNC(=O)C2CCN(Cc3ccc(Cl)cc3Cl)CC2)cc1. The standard InChI is InChI=1S/C22H26Cl2N2O3/c1-28-19-4-6-20(7-5-19)29-13-10-25-22(27)16-8-11-26(12-9-16)15-17-2-3-18(23)14-21(17)24/h2-7,14,16H,8-13,15H2,1H3,(H,25,27). The smallest absolute Gasteiger partial charge is 0.223 e. The lowest BCUT2D eigenvalue weighted by molar-refractivity contribution is -0.126. The predicted molar refractivity (Wildman–Crippen MR) is 116 cm³/mol. The third-order valence-electron chi connectivity index (χ3n) is 5.10. The first-order chi connectivity index (χ1) is 14.0. The van der Waals surface area contributed by atoms with E-state index in [0.29, 0.717) is 23.2 Å². The van der Waals surface area contributed by atoms with Crippen molar-refractivity contribution in [2.75, 3.05) is 33.4 Å². The molecule has 5 nitrogen and oxygen atoms in total. The third kappa shape index (κ3) is 6.53. The second-order valence-electron chi connectivity index (χ2n) is 7.10. The Balaban J connectivity index is 1.35. The zero-order valence-electron chi connectivity index (χ0n) is 16.5. The second-order valence-corrected chi connectivity index (χ2v) is 7.94. The first kappa shape index (κ1) is 21.8. The van der Waals surface area contributed by atoms with E-state index in [-0.39, 0.29) is 11.8 Å². The van der Waals surface area contributed by atoms with Crippen LogP contribution in [0.5, 0.6) is 11.5 Å². The van der Waals surface area contributed by atoms with Gasteiger partial charge in [-0.25, -0.2) is 0 Å². The lowest BCUT2D eigenvalue weighted by atomic mass is 9.95. The van der Waals surface area contributed by atoms with Gasteiger partial charge in [-0.2, -0.15) is 0 Å². The van der Waals surface area contributed by atoms with Crippen LogP contribution in [0.15, 0.2) is 42.5 Å². The Morgan fingerprint density at radius 1 is 1.10 bits per heavy atom. The molecule has 2 aromatic rings. The van der Waals surface area contributed by atoms with Crippen molar-refractivity contribution in [3.8, 4) is 11.5 Å². The molecule has 156 valence electrons. The maximum atomic E-state index is 12.4. The van der Waals surface area contributed by atoms with E-state index in [9.17, 15) is 4.79 Å². The molecule has 0 saturated carbocycles. The maximum Gasteiger partial charge on any atom is 0.223 e. The normalized spacial score (nSPS) is 15.1. The summed E-state index contributed by atoms with van der Waals surface area (Å²) < 4.78 is 10.8. The summed E-state index contributed by atoms with van der Waals surface area (Å²) in [5, 5.41) is 4.31. The second kappa shape index (κ2) is 10.7. The van der Waals surface area contributed by atoms with Crippen LogP contribution in [-0.2, 0) is 11.3 Å². The molecule has 1 N–H and O–H groups in total. The van der Waals surface area contributed by atoms with Gasteiger partial charge >= 0.3 is 0 Å². The Morgan fingerprint density at radius 3 is 2.45 bits per heavy atom. The average Bonchev–Trinajstić information content (AvgIpc) is 2.74. The number of hydrogen-bond donors (Lipinski definition) is 1. The number of likely N-dealkylation sites (tertiary alicyclic amines) is 1. The van der Waals surface area contributed by atoms with E-state index in [0.717, 1.165) is 49.5 Å². The summed E-state index contributed by atoms with van der Waals surface area (Å²) in [6, 6.07) is 13.0. The van der Waals surface area contributed by atoms with Gasteiger partial charge in [0.1, 0.15) is 18.1 Å². The molecule has 29 heavy (non-hydrogen) atoms. The molecule has 0 bridgehead atoms. The van der Waals surface area contributed by atoms with E-state index in [2.05, 4.69) is 10.2 Å². The number of hydrogen-bond acceptors (Lipinski definition) is 4. The Bertz CT molecular complexity index is 806. The van der Waals surface area contributed by atoms with Gasteiger partial charge < -0.3 is 14.8 Å². The van der Waals surface area contributed by atoms with Crippen molar-refractivity contribution in [1.29, 1.82) is 0 Å². The number of halogens is 2. The van der Waals surface area contributed by atoms with E-state index in [1.54, 1.807) is 13.2 Å². The maximum absolute atomic E-state index is 12.4. The number of amides is 1. The summed E-state index contributed by atoms with van der Waals surface area (Å²) in [6.07, 6.45) is 1.69. The van der Waals surface area contributed by atoms with Crippen LogP contribution in [0.25, 0.3) is 0 Å². The molecule has 1 saturated heterocycles. The van der Waals surface area contributed by atoms with Gasteiger partial charge in [-0.05, 0) is 67.9 Å². The molecule has 0 aliphatic carbocycles. The van der Waals surface area contributed by atoms with Crippen LogP contribution < -0.4 is 14.8 Å². The summed E-state index contributed by atoms with van der Waals surface area (Å²) in [4.78, 5) is 14.7. The van der Waals surface area contributed by atoms with E-state index in [1.807, 2.05) is 36.4 Å². The molecule has 3 rings (SSSR count). The number of carbonyl (C=O) groups is 1. The number of piperidine rings is 1. The highest BCUT2D eigenvalue weighted by Gasteiger charge is 2.25. The molecule has 0 aromatic heterocycles. The highest BCUT2D eigenvalue weighted by Crippen LogP contribution is 2.25. The summed E-state index contributed by atoms with van der Waals surface area (Å²) in [5.41, 5.74) is 1.06. The Kier molecular flexibility index (Phi) is 8.04. The minimum absolute atomic E-state index is 0.0490. The summed E-state index contributed by atoms with van der Waals surface area (Å²) >= 11 is 12.2. The number of nitrogens with zero attached hydrogens (tertiary/aromatic N) is 1. The quantitative estimate of drug-likeness (QED) is 0.622. The van der Waals surface area contributed by atoms with Gasteiger partial charge in [-0.15, -0.1) is 0 Å². The molecule has 1 fully saturated rings. The van der Waals surface area contributed by atoms with Gasteiger partial charge in [0.25, 0.3) is 0 Å². The van der Waals surface area contributed by atoms with Gasteiger partial charge in [0, 0.05) is 22.5 Å². The number of methoxy groups -OCH3 is 1. The lowest BCUT2D eigenvalue weighted by Crippen LogP contribution is -2.41. The van der Waals surface area contributed by atoms with Crippen molar-refractivity contribution in [2.24, 2.45) is 5.92 Å². The van der Waals surface area contributed by atoms with Crippen molar-refractivity contribution < 1.29 is 14.3 Å². The fourth-order valence-electron chi connectivity index (χ4n) is 3.40. The molecule has 0 unspecified atom stereocenters. The van der Waals surface area contributed by atoms with Crippen LogP contribution in [0.3, 0.4) is 0 Å². The summed E-state index contributed by atoms with van der Waals surface area (Å²) in [6.45, 7) is 3.45. The molecule has 0 radical (unpaired) electrons. The molecule has 1 aliphatic heterocycles. The molecule has 0 spiro atoms. The van der Waals surface area contributed by atoms with Crippen molar-refractivity contribution in [3.63, 3.8) is 0 Å². The minimum Gasteiger partial charge on any atom is -0.497 e. The Morgan fingerprint density at radius 2 is 1.79 bits per heavy atom. The van der Waals surface area contributed by atoms with Crippen LogP contribution in [0, 0.1) is 5.92 Å². The van der Waals surface area contributed by atoms with Crippen molar-refractivity contribution in [1.82, 2.24) is 10.2 Å². The first-order valence-electron chi connectivity index (χ1n) is 9.76. The summed E-state index contributed by atoms with van der Waals surface area (Å²) in [5.74, 6) is 1.70. The number of ether oxygens (including phenoxy) is 2. The number of carbonyl (C=O) groups excluding carboxylic acids is 1. The molecular weight excluding hydrogens is 411 g/mol. The molecule has 0 atom stereocenters. The molecule has 1 heterocycles. The molecule has 1 aliphatic rings. The van der Waals surface area contributed by atoms with Gasteiger partial charge in [0.05, 0.1) is 13.7 Å². The first-order valence-corrected chi connectivity index (χ1v) is 10.5. The number of nitrogens with one attached hydrogen (secondary N) is 1. The number of rotatable bonds is 8. The van der Waals surface area contributed by atoms with E-state index < -0.39 is 0 Å². The fourth-order valence-corrected chi connectivity index (χ4v) is 3.87. The van der Waals surface area contributed by atoms with Crippen molar-refractivity contribution in [2.45, 2.75) is 19.4 Å². The van der Waals surface area contributed by atoms with Gasteiger partial charge in [-0.1, -0.05) is 29.3 Å². The van der Waals surface area contributed by atoms with Gasteiger partial charge in [-0.3, -0.25) is 9.69 Å². The third-order valence-corrected chi connectivity index (χ3v) is 5.68. The lowest BCUT2D eigenvalue weighted by Gasteiger charge is -2.31. The van der Waals surface area contributed by atoms with Crippen molar-refractivity contribution in [3.05, 3.63) is 58.1 Å².